The third-order valence-corrected chi connectivity index (χ3v) is 2.42. The van der Waals surface area contributed by atoms with E-state index >= 15 is 0 Å². The summed E-state index contributed by atoms with van der Waals surface area (Å²) < 4.78 is 0. The average Bonchev–Trinajstić information content (AvgIpc) is 2.41. The molecule has 0 amide bonds. The van der Waals surface area contributed by atoms with Gasteiger partial charge in [0.05, 0.1) is 11.1 Å². The first kappa shape index (κ1) is 12.9. The molecule has 0 atom stereocenters. The van der Waals surface area contributed by atoms with Crippen molar-refractivity contribution in [1.82, 2.24) is 9.97 Å². The van der Waals surface area contributed by atoms with Crippen LogP contribution in [-0.2, 0) is 0 Å². The molecule has 2 aromatic rings. The summed E-state index contributed by atoms with van der Waals surface area (Å²) in [5.74, 6) is 0.335. The van der Waals surface area contributed by atoms with Crippen molar-refractivity contribution in [3.05, 3.63) is 57.5 Å². The largest absolute Gasteiger partial charge is 0.269 e. The second kappa shape index (κ2) is 5.87. The number of rotatable bonds is 4. The third kappa shape index (κ3) is 3.46. The number of hydrazone groups is 1. The number of non-ortho nitro benzene ring substituents is 1. The summed E-state index contributed by atoms with van der Waals surface area (Å²) in [4.78, 5) is 17.8. The van der Waals surface area contributed by atoms with Crippen LogP contribution in [0.5, 0.6) is 0 Å². The van der Waals surface area contributed by atoms with Crippen molar-refractivity contribution in [3.8, 4) is 0 Å². The predicted octanol–water partition coefficient (Wildman–Crippen LogP) is 2.48. The molecule has 7 nitrogen and oxygen atoms in total. The quantitative estimate of drug-likeness (QED) is 0.526. The first-order valence-corrected chi connectivity index (χ1v) is 5.54. The molecular weight excluding hydrogens is 270 g/mol. The van der Waals surface area contributed by atoms with Crippen molar-refractivity contribution in [1.29, 1.82) is 0 Å². The SMILES string of the molecule is O=[N+]([O-])c1ccc(C=NNc2nccnc2Cl)cc1. The Morgan fingerprint density at radius 1 is 1.26 bits per heavy atom. The minimum absolute atomic E-state index is 0.0297. The summed E-state index contributed by atoms with van der Waals surface area (Å²) in [5, 5.41) is 14.6. The fourth-order valence-electron chi connectivity index (χ4n) is 1.25. The van der Waals surface area contributed by atoms with E-state index in [-0.39, 0.29) is 10.8 Å². The predicted molar refractivity (Wildman–Crippen MR) is 71.4 cm³/mol. The number of benzene rings is 1. The molecule has 1 aromatic carbocycles. The van der Waals surface area contributed by atoms with Gasteiger partial charge in [-0.15, -0.1) is 0 Å². The van der Waals surface area contributed by atoms with Gasteiger partial charge in [0, 0.05) is 24.5 Å². The van der Waals surface area contributed by atoms with Crippen LogP contribution in [-0.4, -0.2) is 21.1 Å². The van der Waals surface area contributed by atoms with Crippen LogP contribution in [0.15, 0.2) is 41.8 Å². The Balaban J connectivity index is 2.03. The lowest BCUT2D eigenvalue weighted by molar-refractivity contribution is -0.384. The summed E-state index contributed by atoms with van der Waals surface area (Å²) in [7, 11) is 0. The van der Waals surface area contributed by atoms with E-state index in [2.05, 4.69) is 20.5 Å². The van der Waals surface area contributed by atoms with Crippen LogP contribution in [0.4, 0.5) is 11.5 Å². The third-order valence-electron chi connectivity index (χ3n) is 2.14. The fraction of sp³-hybridized carbons (Fsp3) is 0. The Morgan fingerprint density at radius 2 is 1.95 bits per heavy atom. The topological polar surface area (TPSA) is 93.3 Å². The molecule has 19 heavy (non-hydrogen) atoms. The van der Waals surface area contributed by atoms with Crippen molar-refractivity contribution in [2.24, 2.45) is 5.10 Å². The summed E-state index contributed by atoms with van der Waals surface area (Å²) >= 11 is 5.78. The second-order valence-corrected chi connectivity index (χ2v) is 3.77. The summed E-state index contributed by atoms with van der Waals surface area (Å²) in [6.45, 7) is 0. The van der Waals surface area contributed by atoms with Gasteiger partial charge in [-0.25, -0.2) is 9.97 Å². The van der Waals surface area contributed by atoms with Crippen molar-refractivity contribution >= 4 is 29.3 Å². The van der Waals surface area contributed by atoms with Crippen LogP contribution in [0, 0.1) is 10.1 Å². The maximum absolute atomic E-state index is 10.5. The van der Waals surface area contributed by atoms with Gasteiger partial charge in [-0.3, -0.25) is 15.5 Å². The Morgan fingerprint density at radius 3 is 2.58 bits per heavy atom. The van der Waals surface area contributed by atoms with E-state index in [9.17, 15) is 10.1 Å². The van der Waals surface area contributed by atoms with E-state index in [0.29, 0.717) is 11.4 Å². The van der Waals surface area contributed by atoms with Crippen molar-refractivity contribution < 1.29 is 4.92 Å². The molecule has 0 aliphatic heterocycles. The maximum Gasteiger partial charge on any atom is 0.269 e. The number of halogens is 1. The molecule has 8 heteroatoms. The average molecular weight is 278 g/mol. The lowest BCUT2D eigenvalue weighted by atomic mass is 10.2. The van der Waals surface area contributed by atoms with Crippen molar-refractivity contribution in [3.63, 3.8) is 0 Å². The second-order valence-electron chi connectivity index (χ2n) is 3.41. The Hall–Kier alpha value is -2.54. The lowest BCUT2D eigenvalue weighted by Crippen LogP contribution is -1.95. The first-order valence-electron chi connectivity index (χ1n) is 5.17. The Labute approximate surface area is 113 Å². The molecule has 0 unspecified atom stereocenters. The number of anilines is 1. The van der Waals surface area contributed by atoms with Crippen LogP contribution in [0.25, 0.3) is 0 Å². The zero-order valence-corrected chi connectivity index (χ0v) is 10.3. The lowest BCUT2D eigenvalue weighted by Gasteiger charge is -1.99. The first-order chi connectivity index (χ1) is 9.16. The van der Waals surface area contributed by atoms with Gasteiger partial charge < -0.3 is 0 Å². The Bertz CT molecular complexity index is 615. The van der Waals surface area contributed by atoms with E-state index in [1.807, 2.05) is 0 Å². The van der Waals surface area contributed by atoms with E-state index in [0.717, 1.165) is 0 Å². The maximum atomic E-state index is 10.5. The molecule has 96 valence electrons. The normalized spacial score (nSPS) is 10.6. The monoisotopic (exact) mass is 277 g/mol. The van der Waals surface area contributed by atoms with Gasteiger partial charge in [-0.2, -0.15) is 5.10 Å². The molecular formula is C11H8ClN5O2. The summed E-state index contributed by atoms with van der Waals surface area (Å²) in [5.41, 5.74) is 3.37. The zero-order valence-electron chi connectivity index (χ0n) is 9.52. The van der Waals surface area contributed by atoms with Crippen LogP contribution in [0.3, 0.4) is 0 Å². The van der Waals surface area contributed by atoms with E-state index < -0.39 is 4.92 Å². The minimum atomic E-state index is -0.460. The number of nitrogens with one attached hydrogen (secondary N) is 1. The fourth-order valence-corrected chi connectivity index (χ4v) is 1.39. The van der Waals surface area contributed by atoms with Gasteiger partial charge in [-0.1, -0.05) is 11.6 Å². The van der Waals surface area contributed by atoms with E-state index in [4.69, 9.17) is 11.6 Å². The van der Waals surface area contributed by atoms with Gasteiger partial charge in [0.15, 0.2) is 11.0 Å². The molecule has 0 bridgehead atoms. The van der Waals surface area contributed by atoms with Crippen LogP contribution in [0.1, 0.15) is 5.56 Å². The molecule has 1 aromatic heterocycles. The molecule has 0 aliphatic carbocycles. The highest BCUT2D eigenvalue weighted by atomic mass is 35.5. The molecule has 0 radical (unpaired) electrons. The number of nitrogens with zero attached hydrogens (tertiary/aromatic N) is 4. The van der Waals surface area contributed by atoms with Gasteiger partial charge in [0.1, 0.15) is 0 Å². The molecule has 1 N–H and O–H groups in total. The molecule has 0 fully saturated rings. The molecule has 0 saturated heterocycles. The molecule has 0 aliphatic rings. The van der Waals surface area contributed by atoms with E-state index in [1.165, 1.54) is 30.7 Å². The van der Waals surface area contributed by atoms with Gasteiger partial charge >= 0.3 is 0 Å². The van der Waals surface area contributed by atoms with Gasteiger partial charge in [0.25, 0.3) is 5.69 Å². The molecule has 1 heterocycles. The number of aromatic nitrogens is 2. The van der Waals surface area contributed by atoms with Gasteiger partial charge in [0.2, 0.25) is 0 Å². The molecule has 2 rings (SSSR count). The van der Waals surface area contributed by atoms with E-state index in [1.54, 1.807) is 12.1 Å². The highest BCUT2D eigenvalue weighted by Gasteiger charge is 2.02. The van der Waals surface area contributed by atoms with Crippen molar-refractivity contribution in [2.75, 3.05) is 5.43 Å². The standard InChI is InChI=1S/C11H8ClN5O2/c12-10-11(14-6-5-13-10)16-15-7-8-1-3-9(4-2-8)17(18)19/h1-7H,(H,14,16). The number of nitro groups is 1. The van der Waals surface area contributed by atoms with Crippen LogP contribution < -0.4 is 5.43 Å². The minimum Gasteiger partial charge on any atom is -0.259 e. The number of hydrogen-bond donors (Lipinski definition) is 1. The highest BCUT2D eigenvalue weighted by Crippen LogP contribution is 2.14. The van der Waals surface area contributed by atoms with Crippen LogP contribution >= 0.6 is 11.6 Å². The molecule has 0 spiro atoms. The smallest absolute Gasteiger partial charge is 0.259 e. The summed E-state index contributed by atoms with van der Waals surface area (Å²) in [6.07, 6.45) is 4.44. The van der Waals surface area contributed by atoms with Crippen molar-refractivity contribution in [2.45, 2.75) is 0 Å². The zero-order chi connectivity index (χ0) is 13.7. The Kier molecular flexibility index (Phi) is 3.99. The van der Waals surface area contributed by atoms with Crippen LogP contribution in [0.2, 0.25) is 5.15 Å². The number of hydrogen-bond acceptors (Lipinski definition) is 6. The number of nitro benzene ring substituents is 1. The van der Waals surface area contributed by atoms with Gasteiger partial charge in [-0.05, 0) is 17.7 Å². The highest BCUT2D eigenvalue weighted by molar-refractivity contribution is 6.31. The summed E-state index contributed by atoms with van der Waals surface area (Å²) in [6, 6.07) is 5.97. The molecule has 0 saturated carbocycles.